The standard InChI is InChI=1S/C12H13ClO5/c1-4-18-12(15)10(14)8-5-7(13)6-9(16-2)11(8)17-3/h5-6H,4H2,1-3H3. The van der Waals surface area contributed by atoms with Gasteiger partial charge in [0.15, 0.2) is 11.5 Å². The first kappa shape index (κ1) is 14.3. The number of hydrogen-bond acceptors (Lipinski definition) is 5. The lowest BCUT2D eigenvalue weighted by Gasteiger charge is -2.12. The third-order valence-electron chi connectivity index (χ3n) is 2.15. The number of hydrogen-bond donors (Lipinski definition) is 0. The number of benzene rings is 1. The van der Waals surface area contributed by atoms with Crippen LogP contribution in [0.5, 0.6) is 11.5 Å². The van der Waals surface area contributed by atoms with E-state index in [1.54, 1.807) is 6.92 Å². The Kier molecular flexibility index (Phi) is 4.97. The molecule has 0 radical (unpaired) electrons. The van der Waals surface area contributed by atoms with Crippen molar-refractivity contribution in [2.45, 2.75) is 6.92 Å². The van der Waals surface area contributed by atoms with Gasteiger partial charge in [-0.2, -0.15) is 0 Å². The van der Waals surface area contributed by atoms with Crippen LogP contribution in [0, 0.1) is 0 Å². The monoisotopic (exact) mass is 272 g/mol. The highest BCUT2D eigenvalue weighted by Gasteiger charge is 2.24. The fraction of sp³-hybridized carbons (Fsp3) is 0.333. The molecule has 1 aromatic rings. The molecule has 0 unspecified atom stereocenters. The number of methoxy groups -OCH3 is 2. The SMILES string of the molecule is CCOC(=O)C(=O)c1cc(Cl)cc(OC)c1OC. The molecular weight excluding hydrogens is 260 g/mol. The summed E-state index contributed by atoms with van der Waals surface area (Å²) in [7, 11) is 2.78. The first-order valence-corrected chi connectivity index (χ1v) is 5.55. The molecule has 98 valence electrons. The fourth-order valence-electron chi connectivity index (χ4n) is 1.41. The van der Waals surface area contributed by atoms with E-state index in [9.17, 15) is 9.59 Å². The summed E-state index contributed by atoms with van der Waals surface area (Å²) < 4.78 is 14.7. The predicted octanol–water partition coefficient (Wildman–Crippen LogP) is 2.10. The van der Waals surface area contributed by atoms with Crippen LogP contribution in [-0.4, -0.2) is 32.6 Å². The normalized spacial score (nSPS) is 9.78. The molecule has 1 aromatic carbocycles. The molecule has 0 aliphatic rings. The Morgan fingerprint density at radius 1 is 1.22 bits per heavy atom. The minimum absolute atomic E-state index is 0.0142. The lowest BCUT2D eigenvalue weighted by molar-refractivity contribution is -0.137. The highest BCUT2D eigenvalue weighted by molar-refractivity contribution is 6.42. The Morgan fingerprint density at radius 2 is 1.89 bits per heavy atom. The van der Waals surface area contributed by atoms with Crippen molar-refractivity contribution in [3.63, 3.8) is 0 Å². The highest BCUT2D eigenvalue weighted by Crippen LogP contribution is 2.34. The van der Waals surface area contributed by atoms with Gasteiger partial charge < -0.3 is 14.2 Å². The van der Waals surface area contributed by atoms with Crippen molar-refractivity contribution in [1.29, 1.82) is 0 Å². The van der Waals surface area contributed by atoms with E-state index in [1.165, 1.54) is 26.4 Å². The molecule has 0 fully saturated rings. The molecule has 0 heterocycles. The van der Waals surface area contributed by atoms with Crippen molar-refractivity contribution in [3.05, 3.63) is 22.7 Å². The van der Waals surface area contributed by atoms with Crippen LogP contribution in [0.3, 0.4) is 0 Å². The third kappa shape index (κ3) is 2.92. The van der Waals surface area contributed by atoms with Gasteiger partial charge in [0.25, 0.3) is 5.78 Å². The van der Waals surface area contributed by atoms with Gasteiger partial charge in [-0.15, -0.1) is 0 Å². The zero-order chi connectivity index (χ0) is 13.7. The summed E-state index contributed by atoms with van der Waals surface area (Å²) in [6, 6.07) is 2.82. The number of esters is 1. The molecular formula is C12H13ClO5. The number of ketones is 1. The van der Waals surface area contributed by atoms with Crippen LogP contribution in [0.4, 0.5) is 0 Å². The molecule has 0 spiro atoms. The number of carbonyl (C=O) groups is 2. The van der Waals surface area contributed by atoms with Gasteiger partial charge in [-0.1, -0.05) is 11.6 Å². The van der Waals surface area contributed by atoms with Crippen LogP contribution < -0.4 is 9.47 Å². The van der Waals surface area contributed by atoms with Crippen molar-refractivity contribution < 1.29 is 23.8 Å². The predicted molar refractivity (Wildman–Crippen MR) is 65.5 cm³/mol. The van der Waals surface area contributed by atoms with Crippen LogP contribution in [0.1, 0.15) is 17.3 Å². The van der Waals surface area contributed by atoms with E-state index in [1.807, 2.05) is 0 Å². The molecule has 0 aromatic heterocycles. The zero-order valence-electron chi connectivity index (χ0n) is 10.3. The summed E-state index contributed by atoms with van der Waals surface area (Å²) in [5.74, 6) is -1.35. The van der Waals surface area contributed by atoms with Crippen LogP contribution in [0.15, 0.2) is 12.1 Å². The van der Waals surface area contributed by atoms with E-state index in [-0.39, 0.29) is 28.7 Å². The Morgan fingerprint density at radius 3 is 2.39 bits per heavy atom. The first-order chi connectivity index (χ1) is 8.54. The molecule has 0 aliphatic heterocycles. The van der Waals surface area contributed by atoms with Gasteiger partial charge >= 0.3 is 5.97 Å². The highest BCUT2D eigenvalue weighted by atomic mass is 35.5. The number of Topliss-reactive ketones (excluding diaryl/α,β-unsaturated/α-hetero) is 1. The van der Waals surface area contributed by atoms with Gasteiger partial charge in [-0.05, 0) is 13.0 Å². The molecule has 5 nitrogen and oxygen atoms in total. The molecule has 0 aliphatic carbocycles. The molecule has 18 heavy (non-hydrogen) atoms. The quantitative estimate of drug-likeness (QED) is 0.467. The smallest absolute Gasteiger partial charge is 0.379 e. The molecule has 0 saturated heterocycles. The third-order valence-corrected chi connectivity index (χ3v) is 2.37. The van der Waals surface area contributed by atoms with Gasteiger partial charge in [0, 0.05) is 11.1 Å². The van der Waals surface area contributed by atoms with Gasteiger partial charge in [0.1, 0.15) is 0 Å². The lowest BCUT2D eigenvalue weighted by Crippen LogP contribution is -2.18. The first-order valence-electron chi connectivity index (χ1n) is 5.18. The largest absolute Gasteiger partial charge is 0.493 e. The average Bonchev–Trinajstić information content (AvgIpc) is 2.36. The summed E-state index contributed by atoms with van der Waals surface area (Å²) in [5, 5.41) is 0.264. The fourth-order valence-corrected chi connectivity index (χ4v) is 1.61. The topological polar surface area (TPSA) is 61.8 Å². The zero-order valence-corrected chi connectivity index (χ0v) is 11.0. The number of halogens is 1. The Labute approximate surface area is 110 Å². The second-order valence-corrected chi connectivity index (χ2v) is 3.67. The minimum Gasteiger partial charge on any atom is -0.493 e. The van der Waals surface area contributed by atoms with E-state index in [2.05, 4.69) is 4.74 Å². The lowest BCUT2D eigenvalue weighted by atomic mass is 10.1. The average molecular weight is 273 g/mol. The van der Waals surface area contributed by atoms with Crippen molar-refractivity contribution in [3.8, 4) is 11.5 Å². The molecule has 0 N–H and O–H groups in total. The van der Waals surface area contributed by atoms with Crippen molar-refractivity contribution >= 4 is 23.4 Å². The van der Waals surface area contributed by atoms with Crippen LogP contribution in [0.2, 0.25) is 5.02 Å². The summed E-state index contributed by atoms with van der Waals surface area (Å²) in [6.07, 6.45) is 0. The van der Waals surface area contributed by atoms with Gasteiger partial charge in [0.05, 0.1) is 26.4 Å². The van der Waals surface area contributed by atoms with Crippen molar-refractivity contribution in [2.24, 2.45) is 0 Å². The van der Waals surface area contributed by atoms with Crippen molar-refractivity contribution in [2.75, 3.05) is 20.8 Å². The van der Waals surface area contributed by atoms with Crippen LogP contribution in [0.25, 0.3) is 0 Å². The van der Waals surface area contributed by atoms with Gasteiger partial charge in [-0.25, -0.2) is 4.79 Å². The van der Waals surface area contributed by atoms with E-state index in [4.69, 9.17) is 21.1 Å². The second-order valence-electron chi connectivity index (χ2n) is 3.24. The summed E-state index contributed by atoms with van der Waals surface area (Å²) >= 11 is 5.84. The Hall–Kier alpha value is -1.75. The number of ether oxygens (including phenoxy) is 3. The molecule has 0 amide bonds. The second kappa shape index (κ2) is 6.26. The molecule has 1 rings (SSSR count). The minimum atomic E-state index is -0.958. The maximum absolute atomic E-state index is 11.9. The van der Waals surface area contributed by atoms with E-state index in [0.717, 1.165) is 0 Å². The van der Waals surface area contributed by atoms with Crippen LogP contribution in [-0.2, 0) is 9.53 Å². The van der Waals surface area contributed by atoms with Crippen molar-refractivity contribution in [1.82, 2.24) is 0 Å². The van der Waals surface area contributed by atoms with Gasteiger partial charge in [-0.3, -0.25) is 4.79 Å². The van der Waals surface area contributed by atoms with E-state index < -0.39 is 11.8 Å². The molecule has 6 heteroatoms. The molecule has 0 atom stereocenters. The van der Waals surface area contributed by atoms with Gasteiger partial charge in [0.2, 0.25) is 0 Å². The van der Waals surface area contributed by atoms with E-state index in [0.29, 0.717) is 0 Å². The maximum atomic E-state index is 11.9. The summed E-state index contributed by atoms with van der Waals surface area (Å²) in [6.45, 7) is 1.73. The Bertz CT molecular complexity index is 470. The number of carbonyl (C=O) groups excluding carboxylic acids is 2. The molecule has 0 bridgehead atoms. The summed E-state index contributed by atoms with van der Waals surface area (Å²) in [4.78, 5) is 23.3. The van der Waals surface area contributed by atoms with Crippen LogP contribution >= 0.6 is 11.6 Å². The Balaban J connectivity index is 3.26. The van der Waals surface area contributed by atoms with E-state index >= 15 is 0 Å². The summed E-state index contributed by atoms with van der Waals surface area (Å²) in [5.41, 5.74) is 0.0142. The maximum Gasteiger partial charge on any atom is 0.379 e. The number of rotatable bonds is 5. The molecule has 0 saturated carbocycles.